The molecule has 2 aromatic carbocycles. The third-order valence-electron chi connectivity index (χ3n) is 4.50. The molecule has 0 heterocycles. The van der Waals surface area contributed by atoms with Gasteiger partial charge >= 0.3 is 5.97 Å². The molecule has 2 rings (SSSR count). The van der Waals surface area contributed by atoms with Gasteiger partial charge in [0, 0.05) is 23.6 Å². The van der Waals surface area contributed by atoms with E-state index in [1.54, 1.807) is 6.92 Å². The number of amides is 2. The lowest BCUT2D eigenvalue weighted by atomic mass is 9.87. The molecule has 0 aromatic heterocycles. The second kappa shape index (κ2) is 10.5. The lowest BCUT2D eigenvalue weighted by molar-refractivity contribution is -0.384. The molecule has 2 amide bonds. The zero-order valence-electron chi connectivity index (χ0n) is 16.6. The van der Waals surface area contributed by atoms with Gasteiger partial charge < -0.3 is 15.8 Å². The van der Waals surface area contributed by atoms with Crippen molar-refractivity contribution in [3.05, 3.63) is 75.3 Å². The monoisotopic (exact) mass is 424 g/mol. The molecule has 0 unspecified atom stereocenters. The van der Waals surface area contributed by atoms with Crippen molar-refractivity contribution in [3.8, 4) is 6.07 Å². The summed E-state index contributed by atoms with van der Waals surface area (Å²) in [4.78, 5) is 47.3. The summed E-state index contributed by atoms with van der Waals surface area (Å²) in [6, 6.07) is 11.6. The largest absolute Gasteiger partial charge is 0.466 e. The van der Waals surface area contributed by atoms with Crippen molar-refractivity contribution in [1.29, 1.82) is 5.26 Å². The third-order valence-corrected chi connectivity index (χ3v) is 4.50. The molecule has 0 saturated carbocycles. The van der Waals surface area contributed by atoms with Crippen LogP contribution in [0.15, 0.2) is 48.5 Å². The van der Waals surface area contributed by atoms with Crippen LogP contribution in [0.5, 0.6) is 0 Å². The number of nitriles is 1. The minimum Gasteiger partial charge on any atom is -0.466 e. The van der Waals surface area contributed by atoms with E-state index in [4.69, 9.17) is 15.7 Å². The van der Waals surface area contributed by atoms with E-state index in [9.17, 15) is 24.5 Å². The summed E-state index contributed by atoms with van der Waals surface area (Å²) in [6.45, 7) is 1.74. The van der Waals surface area contributed by atoms with Gasteiger partial charge in [0.25, 0.3) is 11.6 Å². The highest BCUT2D eigenvalue weighted by atomic mass is 16.6. The molecular weight excluding hydrogens is 404 g/mol. The summed E-state index contributed by atoms with van der Waals surface area (Å²) in [5.41, 5.74) is 6.28. The van der Waals surface area contributed by atoms with Gasteiger partial charge in [0.15, 0.2) is 0 Å². The molecule has 160 valence electrons. The third kappa shape index (κ3) is 6.11. The summed E-state index contributed by atoms with van der Waals surface area (Å²) in [5.74, 6) is -3.07. The number of hydrogen-bond acceptors (Lipinski definition) is 7. The zero-order valence-corrected chi connectivity index (χ0v) is 16.6. The number of non-ortho nitro benzene ring substituents is 1. The highest BCUT2D eigenvalue weighted by Gasteiger charge is 2.32. The molecule has 2 atom stereocenters. The van der Waals surface area contributed by atoms with Gasteiger partial charge in [-0.3, -0.25) is 24.5 Å². The molecule has 0 aliphatic carbocycles. The van der Waals surface area contributed by atoms with Gasteiger partial charge in [-0.15, -0.1) is 0 Å². The Bertz CT molecular complexity index is 1010. The highest BCUT2D eigenvalue weighted by molar-refractivity contribution is 5.97. The fourth-order valence-corrected chi connectivity index (χ4v) is 2.96. The number of benzene rings is 2. The van der Waals surface area contributed by atoms with Crippen LogP contribution in [0.4, 0.5) is 5.69 Å². The SMILES string of the molecule is CCOC(=O)C[C@H](c1ccc([N+](=O)[O-])cc1)[C@@H](NC(=O)c1ccc(C#N)cc1)C(N)=O. The molecule has 3 N–H and O–H groups in total. The Morgan fingerprint density at radius 1 is 1.16 bits per heavy atom. The van der Waals surface area contributed by atoms with Crippen LogP contribution in [0.1, 0.15) is 40.7 Å². The van der Waals surface area contributed by atoms with Gasteiger partial charge in [0.1, 0.15) is 6.04 Å². The molecule has 0 spiro atoms. The number of carbonyl (C=O) groups excluding carboxylic acids is 3. The minimum absolute atomic E-state index is 0.116. The number of rotatable bonds is 9. The second-order valence-corrected chi connectivity index (χ2v) is 6.51. The van der Waals surface area contributed by atoms with E-state index in [1.165, 1.54) is 48.5 Å². The van der Waals surface area contributed by atoms with Crippen molar-refractivity contribution in [2.24, 2.45) is 5.73 Å². The van der Waals surface area contributed by atoms with Crippen LogP contribution in [-0.4, -0.2) is 35.4 Å². The molecular formula is C21H20N4O6. The molecule has 0 radical (unpaired) electrons. The Labute approximate surface area is 177 Å². The van der Waals surface area contributed by atoms with E-state index in [-0.39, 0.29) is 24.3 Å². The minimum atomic E-state index is -1.30. The quantitative estimate of drug-likeness (QED) is 0.352. The number of hydrogen-bond donors (Lipinski definition) is 2. The number of primary amides is 1. The van der Waals surface area contributed by atoms with Crippen LogP contribution in [0, 0.1) is 21.4 Å². The second-order valence-electron chi connectivity index (χ2n) is 6.51. The first-order valence-electron chi connectivity index (χ1n) is 9.27. The number of carbonyl (C=O) groups is 3. The number of nitrogens with two attached hydrogens (primary N) is 1. The maximum atomic E-state index is 12.6. The molecule has 0 fully saturated rings. The lowest BCUT2D eigenvalue weighted by Crippen LogP contribution is -2.48. The number of esters is 1. The van der Waals surface area contributed by atoms with Gasteiger partial charge in [0.05, 0.1) is 29.6 Å². The topological polar surface area (TPSA) is 165 Å². The molecule has 10 nitrogen and oxygen atoms in total. The van der Waals surface area contributed by atoms with Gasteiger partial charge in [0.2, 0.25) is 5.91 Å². The van der Waals surface area contributed by atoms with Gasteiger partial charge in [-0.1, -0.05) is 12.1 Å². The van der Waals surface area contributed by atoms with Crippen molar-refractivity contribution in [1.82, 2.24) is 5.32 Å². The van der Waals surface area contributed by atoms with Crippen LogP contribution in [0.25, 0.3) is 0 Å². The maximum absolute atomic E-state index is 12.6. The molecule has 0 saturated heterocycles. The van der Waals surface area contributed by atoms with E-state index >= 15 is 0 Å². The summed E-state index contributed by atoms with van der Waals surface area (Å²) >= 11 is 0. The highest BCUT2D eigenvalue weighted by Crippen LogP contribution is 2.27. The van der Waals surface area contributed by atoms with E-state index in [0.717, 1.165) is 0 Å². The Morgan fingerprint density at radius 3 is 2.26 bits per heavy atom. The van der Waals surface area contributed by atoms with E-state index in [2.05, 4.69) is 5.32 Å². The molecule has 2 aromatic rings. The molecule has 0 bridgehead atoms. The standard InChI is InChI=1S/C21H20N4O6/c1-2-31-18(26)11-17(14-7-9-16(10-8-14)25(29)30)19(20(23)27)24-21(28)15-5-3-13(12-22)4-6-15/h3-10,17,19H,2,11H2,1H3,(H2,23,27)(H,24,28)/t17-,19-/m1/s1. The molecule has 0 aliphatic rings. The van der Waals surface area contributed by atoms with E-state index in [0.29, 0.717) is 11.1 Å². The van der Waals surface area contributed by atoms with Crippen LogP contribution in [0.3, 0.4) is 0 Å². The van der Waals surface area contributed by atoms with Gasteiger partial charge in [-0.05, 0) is 36.8 Å². The van der Waals surface area contributed by atoms with Crippen molar-refractivity contribution in [2.45, 2.75) is 25.3 Å². The molecule has 10 heteroatoms. The summed E-state index contributed by atoms with van der Waals surface area (Å²) in [5, 5.41) is 22.3. The first kappa shape index (κ1) is 23.0. The van der Waals surface area contributed by atoms with Crippen molar-refractivity contribution in [3.63, 3.8) is 0 Å². The van der Waals surface area contributed by atoms with Crippen molar-refractivity contribution in [2.75, 3.05) is 6.61 Å². The van der Waals surface area contributed by atoms with Gasteiger partial charge in [-0.2, -0.15) is 5.26 Å². The fourth-order valence-electron chi connectivity index (χ4n) is 2.96. The number of nitro benzene ring substituents is 1. The summed E-state index contributed by atoms with van der Waals surface area (Å²) in [6.07, 6.45) is -0.285. The van der Waals surface area contributed by atoms with Gasteiger partial charge in [-0.25, -0.2) is 0 Å². The van der Waals surface area contributed by atoms with Crippen molar-refractivity contribution < 1.29 is 24.0 Å². The normalized spacial score (nSPS) is 12.1. The number of nitrogens with one attached hydrogen (secondary N) is 1. The predicted octanol–water partition coefficient (Wildman–Crippen LogP) is 1.79. The number of ether oxygens (including phenoxy) is 1. The smallest absolute Gasteiger partial charge is 0.306 e. The van der Waals surface area contributed by atoms with Crippen LogP contribution in [-0.2, 0) is 14.3 Å². The molecule has 0 aliphatic heterocycles. The number of nitrogens with zero attached hydrogens (tertiary/aromatic N) is 2. The first-order chi connectivity index (χ1) is 14.8. The fraction of sp³-hybridized carbons (Fsp3) is 0.238. The van der Waals surface area contributed by atoms with Crippen molar-refractivity contribution >= 4 is 23.5 Å². The summed E-state index contributed by atoms with van der Waals surface area (Å²) < 4.78 is 4.96. The van der Waals surface area contributed by atoms with Crippen LogP contribution >= 0.6 is 0 Å². The molecule has 31 heavy (non-hydrogen) atoms. The van der Waals surface area contributed by atoms with Crippen LogP contribution in [0.2, 0.25) is 0 Å². The Kier molecular flexibility index (Phi) is 7.80. The Hall–Kier alpha value is -4.26. The first-order valence-corrected chi connectivity index (χ1v) is 9.27. The zero-order chi connectivity index (χ0) is 23.0. The Morgan fingerprint density at radius 2 is 1.77 bits per heavy atom. The Balaban J connectivity index is 2.36. The maximum Gasteiger partial charge on any atom is 0.306 e. The average molecular weight is 424 g/mol. The van der Waals surface area contributed by atoms with E-state index in [1.807, 2.05) is 6.07 Å². The van der Waals surface area contributed by atoms with E-state index < -0.39 is 34.7 Å². The summed E-state index contributed by atoms with van der Waals surface area (Å²) in [7, 11) is 0. The number of nitro groups is 1. The lowest BCUT2D eigenvalue weighted by Gasteiger charge is -2.25. The average Bonchev–Trinajstić information content (AvgIpc) is 2.76. The van der Waals surface area contributed by atoms with Crippen LogP contribution < -0.4 is 11.1 Å². The predicted molar refractivity (Wildman–Crippen MR) is 109 cm³/mol.